The van der Waals surface area contributed by atoms with Gasteiger partial charge in [-0.25, -0.2) is 23.7 Å². The number of nitrogens with one attached hydrogen (secondary N) is 1. The summed E-state index contributed by atoms with van der Waals surface area (Å²) in [4.78, 5) is 24.0. The monoisotopic (exact) mass is 352 g/mol. The molecule has 1 N–H and O–H groups in total. The summed E-state index contributed by atoms with van der Waals surface area (Å²) >= 11 is 1.43. The van der Waals surface area contributed by atoms with Crippen LogP contribution in [0.3, 0.4) is 0 Å². The first-order valence-corrected chi connectivity index (χ1v) is 8.71. The molecule has 8 heteroatoms. The normalized spacial score (nSPS) is 17.6. The molecule has 0 aromatic carbocycles. The second-order valence-corrected chi connectivity index (χ2v) is 6.87. The van der Waals surface area contributed by atoms with Crippen LogP contribution in [0.25, 0.3) is 10.8 Å². The average Bonchev–Trinajstić information content (AvgIpc) is 2.96. The van der Waals surface area contributed by atoms with Crippen molar-refractivity contribution in [2.75, 3.05) is 5.32 Å². The molecular weight excluding hydrogens is 334 g/mol. The molecule has 24 heavy (non-hydrogen) atoms. The molecule has 3 rings (SSSR count). The summed E-state index contributed by atoms with van der Waals surface area (Å²) in [7, 11) is 0. The van der Waals surface area contributed by atoms with E-state index in [1.807, 2.05) is 12.3 Å². The molecule has 1 fully saturated rings. The van der Waals surface area contributed by atoms with Crippen LogP contribution in [-0.2, 0) is 11.2 Å². The largest absolute Gasteiger partial charge is 0.367 e. The van der Waals surface area contributed by atoms with Crippen LogP contribution in [0.5, 0.6) is 0 Å². The Morgan fingerprint density at radius 3 is 2.71 bits per heavy atom. The van der Waals surface area contributed by atoms with E-state index in [-0.39, 0.29) is 25.3 Å². The van der Waals surface area contributed by atoms with E-state index >= 15 is 0 Å². The van der Waals surface area contributed by atoms with Crippen LogP contribution in [0.4, 0.5) is 14.6 Å². The molecule has 0 amide bonds. The number of hydrogen-bond acceptors (Lipinski definition) is 6. The SMILES string of the molecule is Cc1csc(-c2nc(CC=O)cc(NC3CCC(F)(F)CC3)n2)n1. The van der Waals surface area contributed by atoms with Crippen LogP contribution >= 0.6 is 11.3 Å². The number of anilines is 1. The van der Waals surface area contributed by atoms with Crippen molar-refractivity contribution >= 4 is 23.4 Å². The quantitative estimate of drug-likeness (QED) is 0.832. The highest BCUT2D eigenvalue weighted by atomic mass is 32.1. The van der Waals surface area contributed by atoms with Gasteiger partial charge in [-0.05, 0) is 19.8 Å². The lowest BCUT2D eigenvalue weighted by atomic mass is 9.92. The van der Waals surface area contributed by atoms with Gasteiger partial charge in [0.15, 0.2) is 10.8 Å². The van der Waals surface area contributed by atoms with E-state index in [0.29, 0.717) is 35.2 Å². The van der Waals surface area contributed by atoms with E-state index in [0.717, 1.165) is 12.0 Å². The molecular formula is C16H18F2N4OS. The number of aryl methyl sites for hydroxylation is 1. The molecule has 1 saturated carbocycles. The first kappa shape index (κ1) is 16.9. The fourth-order valence-corrected chi connectivity index (χ4v) is 3.44. The number of halogens is 2. The number of thiazole rings is 1. The van der Waals surface area contributed by atoms with Gasteiger partial charge in [0.25, 0.3) is 0 Å². The minimum absolute atomic E-state index is 0.0468. The lowest BCUT2D eigenvalue weighted by Gasteiger charge is -2.29. The number of aldehydes is 1. The fourth-order valence-electron chi connectivity index (χ4n) is 2.71. The first-order valence-electron chi connectivity index (χ1n) is 7.84. The standard InChI is InChI=1S/C16H18F2N4OS/c1-10-9-24-15(19-10)14-21-12(4-7-23)8-13(22-14)20-11-2-5-16(17,18)6-3-11/h7-9,11H,2-6H2,1H3,(H,20,21,22). The van der Waals surface area contributed by atoms with Gasteiger partial charge < -0.3 is 10.1 Å². The summed E-state index contributed by atoms with van der Waals surface area (Å²) in [6.07, 6.45) is 1.52. The van der Waals surface area contributed by atoms with E-state index in [1.54, 1.807) is 6.07 Å². The Morgan fingerprint density at radius 1 is 1.33 bits per heavy atom. The van der Waals surface area contributed by atoms with Crippen LogP contribution in [0, 0.1) is 6.92 Å². The topological polar surface area (TPSA) is 67.8 Å². The Kier molecular flexibility index (Phi) is 4.84. The molecule has 0 spiro atoms. The van der Waals surface area contributed by atoms with Crippen LogP contribution < -0.4 is 5.32 Å². The predicted octanol–water partition coefficient (Wildman–Crippen LogP) is 3.64. The number of aromatic nitrogens is 3. The number of nitrogens with zero attached hydrogens (tertiary/aromatic N) is 3. The third-order valence-electron chi connectivity index (χ3n) is 3.95. The Morgan fingerprint density at radius 2 is 2.08 bits per heavy atom. The third kappa shape index (κ3) is 4.11. The summed E-state index contributed by atoms with van der Waals surface area (Å²) in [5.74, 6) is -1.55. The van der Waals surface area contributed by atoms with Gasteiger partial charge in [-0.15, -0.1) is 11.3 Å². The third-order valence-corrected chi connectivity index (χ3v) is 4.91. The van der Waals surface area contributed by atoms with Crippen molar-refractivity contribution in [1.29, 1.82) is 0 Å². The highest BCUT2D eigenvalue weighted by Gasteiger charge is 2.35. The molecule has 0 aliphatic heterocycles. The molecule has 0 bridgehead atoms. The molecule has 1 aliphatic carbocycles. The maximum atomic E-state index is 13.3. The van der Waals surface area contributed by atoms with Crippen molar-refractivity contribution in [3.63, 3.8) is 0 Å². The lowest BCUT2D eigenvalue weighted by Crippen LogP contribution is -2.32. The maximum Gasteiger partial charge on any atom is 0.248 e. The van der Waals surface area contributed by atoms with Gasteiger partial charge in [0.2, 0.25) is 5.92 Å². The van der Waals surface area contributed by atoms with E-state index in [9.17, 15) is 13.6 Å². The van der Waals surface area contributed by atoms with E-state index in [2.05, 4.69) is 20.3 Å². The minimum Gasteiger partial charge on any atom is -0.367 e. The van der Waals surface area contributed by atoms with Gasteiger partial charge in [-0.2, -0.15) is 0 Å². The van der Waals surface area contributed by atoms with Crippen LogP contribution in [0.15, 0.2) is 11.4 Å². The zero-order valence-electron chi connectivity index (χ0n) is 13.3. The number of hydrogen-bond donors (Lipinski definition) is 1. The Balaban J connectivity index is 1.81. The van der Waals surface area contributed by atoms with Crippen LogP contribution in [0.2, 0.25) is 0 Å². The Labute approximate surface area is 142 Å². The van der Waals surface area contributed by atoms with E-state index in [4.69, 9.17) is 0 Å². The first-order chi connectivity index (χ1) is 11.4. The van der Waals surface area contributed by atoms with Gasteiger partial charge in [0.05, 0.1) is 5.69 Å². The van der Waals surface area contributed by atoms with Crippen molar-refractivity contribution < 1.29 is 13.6 Å². The number of rotatable bonds is 5. The number of carbonyl (C=O) groups excluding carboxylic acids is 1. The molecule has 128 valence electrons. The van der Waals surface area contributed by atoms with Gasteiger partial charge in [0.1, 0.15) is 12.1 Å². The summed E-state index contributed by atoms with van der Waals surface area (Å²) in [5.41, 5.74) is 1.47. The summed E-state index contributed by atoms with van der Waals surface area (Å²) in [6.45, 7) is 1.89. The van der Waals surface area contributed by atoms with Gasteiger partial charge in [-0.3, -0.25) is 0 Å². The summed E-state index contributed by atoms with van der Waals surface area (Å²) in [6, 6.07) is 1.65. The smallest absolute Gasteiger partial charge is 0.248 e. The zero-order chi connectivity index (χ0) is 17.2. The fraction of sp³-hybridized carbons (Fsp3) is 0.500. The van der Waals surface area contributed by atoms with Crippen molar-refractivity contribution in [3.05, 3.63) is 22.8 Å². The number of carbonyl (C=O) groups is 1. The number of alkyl halides is 2. The Hall–Kier alpha value is -1.96. The molecule has 5 nitrogen and oxygen atoms in total. The minimum atomic E-state index is -2.56. The summed E-state index contributed by atoms with van der Waals surface area (Å²) < 4.78 is 26.5. The van der Waals surface area contributed by atoms with Crippen molar-refractivity contribution in [3.8, 4) is 10.8 Å². The maximum absolute atomic E-state index is 13.3. The molecule has 0 radical (unpaired) electrons. The molecule has 2 aromatic heterocycles. The highest BCUT2D eigenvalue weighted by Crippen LogP contribution is 2.34. The molecule has 1 aliphatic rings. The molecule has 2 heterocycles. The second-order valence-electron chi connectivity index (χ2n) is 6.01. The summed E-state index contributed by atoms with van der Waals surface area (Å²) in [5, 5.41) is 5.79. The van der Waals surface area contributed by atoms with Gasteiger partial charge in [-0.1, -0.05) is 0 Å². The molecule has 2 aromatic rings. The van der Waals surface area contributed by atoms with Crippen LogP contribution in [-0.4, -0.2) is 33.2 Å². The van der Waals surface area contributed by atoms with Crippen molar-refractivity contribution in [2.45, 2.75) is 51.0 Å². The zero-order valence-corrected chi connectivity index (χ0v) is 14.1. The van der Waals surface area contributed by atoms with Gasteiger partial charge in [0, 0.05) is 42.4 Å². The molecule has 0 unspecified atom stereocenters. The molecule has 0 atom stereocenters. The van der Waals surface area contributed by atoms with Crippen molar-refractivity contribution in [2.24, 2.45) is 0 Å². The van der Waals surface area contributed by atoms with E-state index in [1.165, 1.54) is 11.3 Å². The lowest BCUT2D eigenvalue weighted by molar-refractivity contribution is -0.107. The van der Waals surface area contributed by atoms with Crippen molar-refractivity contribution in [1.82, 2.24) is 15.0 Å². The highest BCUT2D eigenvalue weighted by molar-refractivity contribution is 7.13. The van der Waals surface area contributed by atoms with Crippen LogP contribution in [0.1, 0.15) is 37.1 Å². The predicted molar refractivity (Wildman–Crippen MR) is 88.5 cm³/mol. The Bertz CT molecular complexity index is 725. The van der Waals surface area contributed by atoms with E-state index < -0.39 is 5.92 Å². The van der Waals surface area contributed by atoms with Gasteiger partial charge >= 0.3 is 0 Å². The molecule has 0 saturated heterocycles. The second kappa shape index (κ2) is 6.88. The average molecular weight is 352 g/mol.